The first kappa shape index (κ1) is 27.7. The molecule has 1 fully saturated rings. The second kappa shape index (κ2) is 10.3. The molecule has 0 saturated heterocycles. The van der Waals surface area contributed by atoms with Gasteiger partial charge in [0.2, 0.25) is 0 Å². The van der Waals surface area contributed by atoms with E-state index in [-0.39, 0.29) is 5.41 Å². The molecule has 2 aliphatic rings. The molecule has 0 bridgehead atoms. The Bertz CT molecular complexity index is 2560. The first-order chi connectivity index (χ1) is 23.6. The largest absolute Gasteiger partial charge is 0.455 e. The van der Waals surface area contributed by atoms with E-state index in [1.165, 1.54) is 91.8 Å². The van der Waals surface area contributed by atoms with Gasteiger partial charge in [-0.15, -0.1) is 0 Å². The number of hydrogen-bond donors (Lipinski definition) is 0. The molecule has 0 amide bonds. The minimum absolute atomic E-state index is 0.0973. The Morgan fingerprint density at radius 1 is 0.583 bits per heavy atom. The number of anilines is 3. The van der Waals surface area contributed by atoms with Crippen LogP contribution in [0.15, 0.2) is 138 Å². The summed E-state index contributed by atoms with van der Waals surface area (Å²) in [5.74, 6) is 0.585. The van der Waals surface area contributed by atoms with Crippen LogP contribution in [0.3, 0.4) is 0 Å². The smallest absolute Gasteiger partial charge is 0.143 e. The molecule has 2 nitrogen and oxygen atoms in total. The van der Waals surface area contributed by atoms with Crippen molar-refractivity contribution in [1.29, 1.82) is 0 Å². The molecule has 232 valence electrons. The Kier molecular flexibility index (Phi) is 5.97. The summed E-state index contributed by atoms with van der Waals surface area (Å²) >= 11 is 0. The highest BCUT2D eigenvalue weighted by Gasteiger charge is 2.36. The highest BCUT2D eigenvalue weighted by atomic mass is 16.3. The minimum atomic E-state index is -0.0973. The lowest BCUT2D eigenvalue weighted by molar-refractivity contribution is 0.660. The van der Waals surface area contributed by atoms with E-state index in [9.17, 15) is 0 Å². The van der Waals surface area contributed by atoms with Crippen molar-refractivity contribution >= 4 is 60.5 Å². The molecular formula is C46H37NO. The van der Waals surface area contributed by atoms with Gasteiger partial charge < -0.3 is 9.32 Å². The summed E-state index contributed by atoms with van der Waals surface area (Å²) in [5.41, 5.74) is 12.3. The molecule has 0 aliphatic heterocycles. The number of benzene rings is 7. The molecule has 1 heterocycles. The topological polar surface area (TPSA) is 16.4 Å². The predicted octanol–water partition coefficient (Wildman–Crippen LogP) is 13.3. The number of furan rings is 1. The average molecular weight is 620 g/mol. The van der Waals surface area contributed by atoms with Gasteiger partial charge in [-0.3, -0.25) is 0 Å². The van der Waals surface area contributed by atoms with Crippen molar-refractivity contribution in [1.82, 2.24) is 0 Å². The van der Waals surface area contributed by atoms with Gasteiger partial charge in [-0.25, -0.2) is 0 Å². The maximum absolute atomic E-state index is 6.77. The molecule has 10 rings (SSSR count). The standard InChI is InChI=1S/C46H37NO/c1-46(2)40-20-10-9-16-35(40)36-25-24-33(27-41(36)46)47(32-23-22-29-12-3-6-15-31(29)26-32)42-28-39-44-34(30-13-4-5-14-30)19-11-21-43(44)48-45(39)38-18-8-7-17-37(38)42/h3,6-12,15-28,30H,4-5,13-14H2,1-2H3. The van der Waals surface area contributed by atoms with Gasteiger partial charge in [0, 0.05) is 38.3 Å². The predicted molar refractivity (Wildman–Crippen MR) is 202 cm³/mol. The van der Waals surface area contributed by atoms with Crippen LogP contribution in [-0.4, -0.2) is 0 Å². The lowest BCUT2D eigenvalue weighted by Gasteiger charge is -2.29. The van der Waals surface area contributed by atoms with E-state index in [0.717, 1.165) is 22.2 Å². The van der Waals surface area contributed by atoms with Gasteiger partial charge in [0.15, 0.2) is 0 Å². The normalized spacial score (nSPS) is 15.5. The maximum atomic E-state index is 6.77. The molecule has 2 heteroatoms. The third-order valence-electron chi connectivity index (χ3n) is 11.4. The summed E-state index contributed by atoms with van der Waals surface area (Å²) in [7, 11) is 0. The molecule has 0 spiro atoms. The SMILES string of the molecule is CC1(C)c2ccccc2-c2ccc(N(c3ccc4ccccc4c3)c3cc4c(oc5cccc(C6CCCC6)c54)c4ccccc34)cc21. The van der Waals surface area contributed by atoms with Crippen LogP contribution in [0.1, 0.15) is 62.1 Å². The van der Waals surface area contributed by atoms with Gasteiger partial charge in [-0.1, -0.05) is 124 Å². The molecule has 7 aromatic carbocycles. The molecule has 48 heavy (non-hydrogen) atoms. The van der Waals surface area contributed by atoms with Gasteiger partial charge in [0.25, 0.3) is 0 Å². The Labute approximate surface area is 281 Å². The quantitative estimate of drug-likeness (QED) is 0.195. The van der Waals surface area contributed by atoms with Crippen molar-refractivity contribution in [3.05, 3.63) is 150 Å². The fraction of sp³-hybridized carbons (Fsp3) is 0.174. The van der Waals surface area contributed by atoms with Gasteiger partial charge in [0.1, 0.15) is 11.2 Å². The Morgan fingerprint density at radius 2 is 1.29 bits per heavy atom. The lowest BCUT2D eigenvalue weighted by Crippen LogP contribution is -2.16. The molecule has 1 aromatic heterocycles. The summed E-state index contributed by atoms with van der Waals surface area (Å²) in [4.78, 5) is 2.49. The average Bonchev–Trinajstić information content (AvgIpc) is 3.85. The number of fused-ring (bicyclic) bond motifs is 9. The third-order valence-corrected chi connectivity index (χ3v) is 11.4. The summed E-state index contributed by atoms with van der Waals surface area (Å²) in [6.45, 7) is 4.73. The van der Waals surface area contributed by atoms with E-state index in [1.807, 2.05) is 0 Å². The monoisotopic (exact) mass is 619 g/mol. The van der Waals surface area contributed by atoms with Crippen molar-refractivity contribution < 1.29 is 4.42 Å². The van der Waals surface area contributed by atoms with E-state index >= 15 is 0 Å². The van der Waals surface area contributed by atoms with Crippen LogP contribution in [0.5, 0.6) is 0 Å². The Hall–Kier alpha value is -5.34. The fourth-order valence-corrected chi connectivity index (χ4v) is 8.99. The van der Waals surface area contributed by atoms with Crippen LogP contribution in [-0.2, 0) is 5.41 Å². The maximum Gasteiger partial charge on any atom is 0.143 e. The lowest BCUT2D eigenvalue weighted by atomic mass is 9.82. The van der Waals surface area contributed by atoms with Crippen LogP contribution in [0.2, 0.25) is 0 Å². The minimum Gasteiger partial charge on any atom is -0.455 e. The zero-order valence-electron chi connectivity index (χ0n) is 27.5. The molecular weight excluding hydrogens is 583 g/mol. The molecule has 2 aliphatic carbocycles. The van der Waals surface area contributed by atoms with Crippen LogP contribution in [0, 0.1) is 0 Å². The Balaban J connectivity index is 1.28. The number of rotatable bonds is 4. The van der Waals surface area contributed by atoms with E-state index in [0.29, 0.717) is 5.92 Å². The summed E-state index contributed by atoms with van der Waals surface area (Å²) in [5, 5.41) is 7.31. The summed E-state index contributed by atoms with van der Waals surface area (Å²) in [6, 6.07) is 49.5. The van der Waals surface area contributed by atoms with E-state index in [4.69, 9.17) is 4.42 Å². The van der Waals surface area contributed by atoms with Crippen molar-refractivity contribution in [3.63, 3.8) is 0 Å². The number of nitrogens with zero attached hydrogens (tertiary/aromatic N) is 1. The van der Waals surface area contributed by atoms with E-state index in [1.54, 1.807) is 0 Å². The fourth-order valence-electron chi connectivity index (χ4n) is 8.99. The van der Waals surface area contributed by atoms with Crippen LogP contribution in [0.25, 0.3) is 54.6 Å². The summed E-state index contributed by atoms with van der Waals surface area (Å²) in [6.07, 6.45) is 5.12. The zero-order chi connectivity index (χ0) is 32.0. The molecule has 0 radical (unpaired) electrons. The van der Waals surface area contributed by atoms with Crippen LogP contribution in [0.4, 0.5) is 17.1 Å². The van der Waals surface area contributed by atoms with Crippen molar-refractivity contribution in [2.24, 2.45) is 0 Å². The first-order valence-electron chi connectivity index (χ1n) is 17.5. The van der Waals surface area contributed by atoms with Crippen LogP contribution < -0.4 is 4.90 Å². The second-order valence-corrected chi connectivity index (χ2v) is 14.4. The van der Waals surface area contributed by atoms with Crippen molar-refractivity contribution in [3.8, 4) is 11.1 Å². The first-order valence-corrected chi connectivity index (χ1v) is 17.5. The molecule has 0 atom stereocenters. The molecule has 8 aromatic rings. The van der Waals surface area contributed by atoms with Gasteiger partial charge >= 0.3 is 0 Å². The second-order valence-electron chi connectivity index (χ2n) is 14.4. The van der Waals surface area contributed by atoms with E-state index in [2.05, 4.69) is 152 Å². The molecule has 0 N–H and O–H groups in total. The summed E-state index contributed by atoms with van der Waals surface area (Å²) < 4.78 is 6.77. The van der Waals surface area contributed by atoms with Gasteiger partial charge in [-0.2, -0.15) is 0 Å². The number of hydrogen-bond acceptors (Lipinski definition) is 2. The highest BCUT2D eigenvalue weighted by molar-refractivity contribution is 6.20. The zero-order valence-corrected chi connectivity index (χ0v) is 27.5. The molecule has 0 unspecified atom stereocenters. The van der Waals surface area contributed by atoms with Gasteiger partial charge in [-0.05, 0) is 93.7 Å². The van der Waals surface area contributed by atoms with Crippen LogP contribution >= 0.6 is 0 Å². The third kappa shape index (κ3) is 3.99. The van der Waals surface area contributed by atoms with Crippen molar-refractivity contribution in [2.75, 3.05) is 4.90 Å². The highest BCUT2D eigenvalue weighted by Crippen LogP contribution is 2.52. The van der Waals surface area contributed by atoms with E-state index < -0.39 is 0 Å². The van der Waals surface area contributed by atoms with Gasteiger partial charge in [0.05, 0.1) is 5.69 Å². The Morgan fingerprint density at radius 3 is 2.17 bits per heavy atom. The molecule has 1 saturated carbocycles. The van der Waals surface area contributed by atoms with Crippen molar-refractivity contribution in [2.45, 2.75) is 50.9 Å².